The number of rotatable bonds is 8. The van der Waals surface area contributed by atoms with Gasteiger partial charge in [0.2, 0.25) is 5.91 Å². The summed E-state index contributed by atoms with van der Waals surface area (Å²) >= 11 is 0. The van der Waals surface area contributed by atoms with Crippen molar-refractivity contribution >= 4 is 23.3 Å². The van der Waals surface area contributed by atoms with Gasteiger partial charge in [0.1, 0.15) is 11.8 Å². The Morgan fingerprint density at radius 1 is 1.29 bits per heavy atom. The number of hydrogen-bond donors (Lipinski definition) is 1. The number of benzene rings is 1. The number of ketones is 1. The highest BCUT2D eigenvalue weighted by atomic mass is 16.6. The van der Waals surface area contributed by atoms with Gasteiger partial charge in [0.15, 0.2) is 0 Å². The molecule has 0 spiro atoms. The fourth-order valence-corrected chi connectivity index (χ4v) is 3.85. The molecule has 1 aromatic rings. The average Bonchev–Trinajstić information content (AvgIpc) is 2.63. The molecule has 152 valence electrons. The summed E-state index contributed by atoms with van der Waals surface area (Å²) in [5, 5.41) is 13.4. The second-order valence-corrected chi connectivity index (χ2v) is 7.89. The van der Waals surface area contributed by atoms with Crippen LogP contribution in [0.3, 0.4) is 0 Å². The molecular formula is C20H26N2O6. The topological polar surface area (TPSA) is 116 Å². The first-order valence-corrected chi connectivity index (χ1v) is 9.17. The Balaban J connectivity index is 2.00. The normalized spacial score (nSPS) is 21.1. The second kappa shape index (κ2) is 8.50. The molecule has 1 N–H and O–H groups in total. The Morgan fingerprint density at radius 3 is 2.36 bits per heavy atom. The van der Waals surface area contributed by atoms with Crippen LogP contribution >= 0.6 is 0 Å². The van der Waals surface area contributed by atoms with Crippen molar-refractivity contribution in [3.63, 3.8) is 0 Å². The zero-order chi connectivity index (χ0) is 21.1. The summed E-state index contributed by atoms with van der Waals surface area (Å²) in [6.45, 7) is 5.53. The van der Waals surface area contributed by atoms with E-state index in [4.69, 9.17) is 4.74 Å². The SMILES string of the molecule is COC(=O)C(Cc1ccc([N+](=O)[O-])cc1)NC(=O)C[C@H]1C[C@@H](C(C)=O)C1(C)C. The van der Waals surface area contributed by atoms with E-state index in [1.807, 2.05) is 13.8 Å². The van der Waals surface area contributed by atoms with Crippen LogP contribution in [-0.4, -0.2) is 35.7 Å². The number of non-ortho nitro benzene ring substituents is 1. The van der Waals surface area contributed by atoms with E-state index in [0.717, 1.165) is 0 Å². The molecule has 1 unspecified atom stereocenters. The van der Waals surface area contributed by atoms with Crippen molar-refractivity contribution in [2.75, 3.05) is 7.11 Å². The Morgan fingerprint density at radius 2 is 1.89 bits per heavy atom. The Kier molecular flexibility index (Phi) is 6.53. The highest BCUT2D eigenvalue weighted by molar-refractivity contribution is 5.85. The number of Topliss-reactive ketones (excluding diaryl/α,β-unsaturated/α-hetero) is 1. The molecule has 2 rings (SSSR count). The molecule has 8 nitrogen and oxygen atoms in total. The van der Waals surface area contributed by atoms with Crippen molar-refractivity contribution in [1.82, 2.24) is 5.32 Å². The number of ether oxygens (including phenoxy) is 1. The maximum absolute atomic E-state index is 12.5. The zero-order valence-electron chi connectivity index (χ0n) is 16.6. The molecule has 1 aliphatic carbocycles. The zero-order valence-corrected chi connectivity index (χ0v) is 16.6. The van der Waals surface area contributed by atoms with Crippen molar-refractivity contribution in [3.8, 4) is 0 Å². The predicted molar refractivity (Wildman–Crippen MR) is 101 cm³/mol. The minimum Gasteiger partial charge on any atom is -0.467 e. The lowest BCUT2D eigenvalue weighted by Gasteiger charge is -2.51. The number of esters is 1. The second-order valence-electron chi connectivity index (χ2n) is 7.89. The van der Waals surface area contributed by atoms with Gasteiger partial charge in [-0.3, -0.25) is 19.7 Å². The third-order valence-corrected chi connectivity index (χ3v) is 5.80. The number of carbonyl (C=O) groups is 3. The number of nitro groups is 1. The maximum Gasteiger partial charge on any atom is 0.328 e. The van der Waals surface area contributed by atoms with Crippen LogP contribution in [0.1, 0.15) is 39.2 Å². The minimum absolute atomic E-state index is 0.0400. The molecule has 0 aromatic heterocycles. The lowest BCUT2D eigenvalue weighted by molar-refractivity contribution is -0.384. The number of methoxy groups -OCH3 is 1. The van der Waals surface area contributed by atoms with Gasteiger partial charge in [0, 0.05) is 30.9 Å². The van der Waals surface area contributed by atoms with Gasteiger partial charge in [-0.15, -0.1) is 0 Å². The van der Waals surface area contributed by atoms with E-state index in [-0.39, 0.29) is 47.5 Å². The number of carbonyl (C=O) groups excluding carboxylic acids is 3. The molecule has 0 saturated heterocycles. The van der Waals surface area contributed by atoms with Gasteiger partial charge in [0.25, 0.3) is 5.69 Å². The maximum atomic E-state index is 12.5. The highest BCUT2D eigenvalue weighted by Crippen LogP contribution is 2.53. The lowest BCUT2D eigenvalue weighted by atomic mass is 9.52. The molecule has 0 bridgehead atoms. The van der Waals surface area contributed by atoms with Gasteiger partial charge < -0.3 is 10.1 Å². The fourth-order valence-electron chi connectivity index (χ4n) is 3.85. The van der Waals surface area contributed by atoms with Gasteiger partial charge in [-0.1, -0.05) is 26.0 Å². The molecule has 0 heterocycles. The van der Waals surface area contributed by atoms with Crippen LogP contribution < -0.4 is 5.32 Å². The van der Waals surface area contributed by atoms with Gasteiger partial charge in [-0.2, -0.15) is 0 Å². The molecule has 8 heteroatoms. The van der Waals surface area contributed by atoms with Crippen molar-refractivity contribution in [1.29, 1.82) is 0 Å². The lowest BCUT2D eigenvalue weighted by Crippen LogP contribution is -2.51. The van der Waals surface area contributed by atoms with Crippen molar-refractivity contribution in [2.45, 2.75) is 46.1 Å². The molecule has 3 atom stereocenters. The number of nitrogens with zero attached hydrogens (tertiary/aromatic N) is 1. The number of hydrogen-bond acceptors (Lipinski definition) is 6. The molecule has 1 fully saturated rings. The smallest absolute Gasteiger partial charge is 0.328 e. The van der Waals surface area contributed by atoms with Crippen LogP contribution in [0.2, 0.25) is 0 Å². The molecule has 0 radical (unpaired) electrons. The largest absolute Gasteiger partial charge is 0.467 e. The van der Waals surface area contributed by atoms with E-state index in [1.54, 1.807) is 19.1 Å². The molecular weight excluding hydrogens is 364 g/mol. The quantitative estimate of drug-likeness (QED) is 0.414. The average molecular weight is 390 g/mol. The van der Waals surface area contributed by atoms with Crippen LogP contribution in [-0.2, 0) is 25.5 Å². The Bertz CT molecular complexity index is 771. The van der Waals surface area contributed by atoms with Crippen LogP contribution in [0.4, 0.5) is 5.69 Å². The fraction of sp³-hybridized carbons (Fsp3) is 0.550. The first-order valence-electron chi connectivity index (χ1n) is 9.17. The molecule has 28 heavy (non-hydrogen) atoms. The van der Waals surface area contributed by atoms with Gasteiger partial charge in [-0.25, -0.2) is 4.79 Å². The summed E-state index contributed by atoms with van der Waals surface area (Å²) in [5.74, 6) is -0.702. The summed E-state index contributed by atoms with van der Waals surface area (Å²) < 4.78 is 4.78. The van der Waals surface area contributed by atoms with E-state index >= 15 is 0 Å². The molecule has 1 saturated carbocycles. The summed E-state index contributed by atoms with van der Waals surface area (Å²) in [6, 6.07) is 4.92. The van der Waals surface area contributed by atoms with Crippen molar-refractivity contribution in [3.05, 3.63) is 39.9 Å². The third kappa shape index (κ3) is 4.74. The van der Waals surface area contributed by atoms with E-state index in [9.17, 15) is 24.5 Å². The first-order chi connectivity index (χ1) is 13.1. The van der Waals surface area contributed by atoms with E-state index in [1.165, 1.54) is 19.2 Å². The Hall–Kier alpha value is -2.77. The van der Waals surface area contributed by atoms with Gasteiger partial charge >= 0.3 is 5.97 Å². The van der Waals surface area contributed by atoms with Crippen molar-refractivity contribution in [2.24, 2.45) is 17.3 Å². The van der Waals surface area contributed by atoms with Gasteiger partial charge in [0.05, 0.1) is 12.0 Å². The number of nitro benzene ring substituents is 1. The number of amides is 1. The van der Waals surface area contributed by atoms with E-state index in [2.05, 4.69) is 5.32 Å². The Labute approximate surface area is 163 Å². The minimum atomic E-state index is -0.884. The van der Waals surface area contributed by atoms with Crippen LogP contribution in [0.25, 0.3) is 0 Å². The molecule has 1 amide bonds. The molecule has 1 aliphatic rings. The van der Waals surface area contributed by atoms with E-state index in [0.29, 0.717) is 12.0 Å². The molecule has 1 aromatic carbocycles. The predicted octanol–water partition coefficient (Wildman–Crippen LogP) is 2.44. The van der Waals surface area contributed by atoms with E-state index < -0.39 is 16.9 Å². The van der Waals surface area contributed by atoms with Gasteiger partial charge in [-0.05, 0) is 30.2 Å². The summed E-state index contributed by atoms with van der Waals surface area (Å²) in [5.41, 5.74) is 0.374. The third-order valence-electron chi connectivity index (χ3n) is 5.80. The summed E-state index contributed by atoms with van der Waals surface area (Å²) in [6.07, 6.45) is 1.06. The summed E-state index contributed by atoms with van der Waals surface area (Å²) in [7, 11) is 1.24. The number of nitrogens with one attached hydrogen (secondary N) is 1. The van der Waals surface area contributed by atoms with Crippen molar-refractivity contribution < 1.29 is 24.0 Å². The molecule has 0 aliphatic heterocycles. The van der Waals surface area contributed by atoms with Crippen LogP contribution in [0.15, 0.2) is 24.3 Å². The first kappa shape index (κ1) is 21.5. The standard InChI is InChI=1S/C20H26N2O6/c1-12(23)16-10-14(20(16,2)3)11-18(24)21-17(19(25)28-4)9-13-5-7-15(8-6-13)22(26)27/h5-8,14,16-17H,9-11H2,1-4H3,(H,21,24)/t14-,16+,17?/m1/s1. The van der Waals surface area contributed by atoms with Crippen LogP contribution in [0.5, 0.6) is 0 Å². The monoisotopic (exact) mass is 390 g/mol. The highest BCUT2D eigenvalue weighted by Gasteiger charge is 2.50. The van der Waals surface area contributed by atoms with Crippen LogP contribution in [0, 0.1) is 27.4 Å². The summed E-state index contributed by atoms with van der Waals surface area (Å²) in [4.78, 5) is 46.4.